The minimum atomic E-state index is 0.924. The molecule has 0 bridgehead atoms. The highest BCUT2D eigenvalue weighted by Gasteiger charge is 2.00. The van der Waals surface area contributed by atoms with Crippen LogP contribution in [0.4, 0.5) is 0 Å². The average Bonchev–Trinajstić information content (AvgIpc) is 2.31. The third kappa shape index (κ3) is 5.30. The van der Waals surface area contributed by atoms with Crippen LogP contribution in [0.25, 0.3) is 0 Å². The fourth-order valence-corrected chi connectivity index (χ4v) is 1.29. The van der Waals surface area contributed by atoms with Gasteiger partial charge in [0.15, 0.2) is 0 Å². The van der Waals surface area contributed by atoms with Crippen molar-refractivity contribution in [2.24, 2.45) is 4.99 Å². The Kier molecular flexibility index (Phi) is 6.88. The van der Waals surface area contributed by atoms with Gasteiger partial charge < -0.3 is 0 Å². The third-order valence-corrected chi connectivity index (χ3v) is 2.48. The Labute approximate surface area is 106 Å². The molecule has 0 rings (SSSR count). The second kappa shape index (κ2) is 7.61. The molecule has 0 aromatic heterocycles. The topological polar surface area (TPSA) is 12.4 Å². The van der Waals surface area contributed by atoms with Crippen molar-refractivity contribution in [2.75, 3.05) is 0 Å². The van der Waals surface area contributed by atoms with E-state index in [1.807, 2.05) is 39.8 Å². The maximum absolute atomic E-state index is 4.56. The van der Waals surface area contributed by atoms with Gasteiger partial charge in [0.1, 0.15) is 0 Å². The second-order valence-corrected chi connectivity index (χ2v) is 3.99. The lowest BCUT2D eigenvalue weighted by molar-refractivity contribution is 1.27. The molecular weight excluding hydrogens is 206 g/mol. The van der Waals surface area contributed by atoms with E-state index in [0.29, 0.717) is 0 Å². The van der Waals surface area contributed by atoms with E-state index in [4.69, 9.17) is 0 Å². The van der Waals surface area contributed by atoms with Gasteiger partial charge in [-0.2, -0.15) is 0 Å². The summed E-state index contributed by atoms with van der Waals surface area (Å²) in [6.45, 7) is 17.7. The molecule has 0 aliphatic carbocycles. The Balaban J connectivity index is 5.33. The number of nitrogens with zero attached hydrogens (tertiary/aromatic N) is 1. The highest BCUT2D eigenvalue weighted by Crippen LogP contribution is 2.12. The fraction of sp³-hybridized carbons (Fsp3) is 0.312. The predicted molar refractivity (Wildman–Crippen MR) is 79.4 cm³/mol. The smallest absolute Gasteiger partial charge is 0.0613 e. The molecule has 0 saturated heterocycles. The van der Waals surface area contributed by atoms with Crippen LogP contribution in [0.2, 0.25) is 0 Å². The maximum Gasteiger partial charge on any atom is 0.0613 e. The first-order valence-electron chi connectivity index (χ1n) is 5.81. The van der Waals surface area contributed by atoms with Gasteiger partial charge in [-0.15, -0.1) is 0 Å². The zero-order valence-electron chi connectivity index (χ0n) is 11.7. The van der Waals surface area contributed by atoms with Crippen molar-refractivity contribution in [1.82, 2.24) is 0 Å². The Morgan fingerprint density at radius 3 is 2.00 bits per heavy atom. The molecule has 92 valence electrons. The van der Waals surface area contributed by atoms with E-state index in [0.717, 1.165) is 22.6 Å². The highest BCUT2D eigenvalue weighted by molar-refractivity contribution is 6.01. The molecule has 1 nitrogen and oxygen atoms in total. The van der Waals surface area contributed by atoms with Crippen LogP contribution in [-0.2, 0) is 0 Å². The van der Waals surface area contributed by atoms with Gasteiger partial charge in [0, 0.05) is 5.71 Å². The largest absolute Gasteiger partial charge is 0.253 e. The monoisotopic (exact) mass is 229 g/mol. The normalized spacial score (nSPS) is 14.9. The van der Waals surface area contributed by atoms with Gasteiger partial charge in [-0.05, 0) is 45.8 Å². The van der Waals surface area contributed by atoms with Crippen molar-refractivity contribution in [1.29, 1.82) is 0 Å². The number of hydrogen-bond donors (Lipinski definition) is 0. The van der Waals surface area contributed by atoms with E-state index in [1.165, 1.54) is 5.57 Å². The van der Waals surface area contributed by atoms with Gasteiger partial charge >= 0.3 is 0 Å². The van der Waals surface area contributed by atoms with Crippen LogP contribution in [0.5, 0.6) is 0 Å². The summed E-state index contributed by atoms with van der Waals surface area (Å²) in [5.74, 6) is 0. The van der Waals surface area contributed by atoms with Crippen molar-refractivity contribution in [3.8, 4) is 0 Å². The van der Waals surface area contributed by atoms with Crippen LogP contribution in [0.3, 0.4) is 0 Å². The van der Waals surface area contributed by atoms with Crippen LogP contribution in [-0.4, -0.2) is 5.71 Å². The van der Waals surface area contributed by atoms with E-state index in [9.17, 15) is 0 Å². The van der Waals surface area contributed by atoms with E-state index in [2.05, 4.69) is 37.2 Å². The van der Waals surface area contributed by atoms with E-state index in [-0.39, 0.29) is 0 Å². The number of rotatable bonds is 5. The fourth-order valence-electron chi connectivity index (χ4n) is 1.29. The van der Waals surface area contributed by atoms with Gasteiger partial charge in [0.25, 0.3) is 0 Å². The highest BCUT2D eigenvalue weighted by atomic mass is 14.8. The quantitative estimate of drug-likeness (QED) is 0.464. The molecule has 0 atom stereocenters. The van der Waals surface area contributed by atoms with Gasteiger partial charge in [0.2, 0.25) is 0 Å². The first-order chi connectivity index (χ1) is 7.96. The summed E-state index contributed by atoms with van der Waals surface area (Å²) in [6.07, 6.45) is 7.94. The molecule has 0 amide bonds. The first kappa shape index (κ1) is 15.4. The maximum atomic E-state index is 4.56. The lowest BCUT2D eigenvalue weighted by atomic mass is 10.1. The molecule has 1 heteroatoms. The van der Waals surface area contributed by atoms with Crippen LogP contribution in [0.1, 0.15) is 34.6 Å². The van der Waals surface area contributed by atoms with E-state index in [1.54, 1.807) is 0 Å². The summed E-state index contributed by atoms with van der Waals surface area (Å²) in [5, 5.41) is 0. The molecular formula is C16H23N. The molecule has 0 spiro atoms. The Bertz CT molecular complexity index is 415. The first-order valence-corrected chi connectivity index (χ1v) is 5.81. The molecule has 0 aromatic rings. The molecule has 0 fully saturated rings. The van der Waals surface area contributed by atoms with E-state index < -0.39 is 0 Å². The summed E-state index contributed by atoms with van der Waals surface area (Å²) in [4.78, 5) is 4.56. The summed E-state index contributed by atoms with van der Waals surface area (Å²) >= 11 is 0. The molecule has 0 radical (unpaired) electrons. The van der Waals surface area contributed by atoms with Gasteiger partial charge in [-0.1, -0.05) is 43.0 Å². The second-order valence-electron chi connectivity index (χ2n) is 3.99. The van der Waals surface area contributed by atoms with Crippen molar-refractivity contribution in [3.05, 3.63) is 59.9 Å². The molecule has 0 aliphatic heterocycles. The van der Waals surface area contributed by atoms with Gasteiger partial charge in [-0.25, -0.2) is 0 Å². The molecule has 0 aliphatic rings. The summed E-state index contributed by atoms with van der Waals surface area (Å²) in [5.41, 5.74) is 5.09. The van der Waals surface area contributed by atoms with Gasteiger partial charge in [0.05, 0.1) is 5.70 Å². The Morgan fingerprint density at radius 1 is 1.06 bits per heavy atom. The molecule has 0 heterocycles. The van der Waals surface area contributed by atoms with Crippen molar-refractivity contribution < 1.29 is 0 Å². The standard InChI is InChI=1S/C16H23N/c1-8-13(6)11-15(9-2)14(7)17-16(10-3)12(4)5/h8-11H,2,4H2,1,3,5-7H3/b13-8-,15-11+,16-10-,17-14+. The molecule has 17 heavy (non-hydrogen) atoms. The third-order valence-electron chi connectivity index (χ3n) is 2.48. The van der Waals surface area contributed by atoms with E-state index >= 15 is 0 Å². The summed E-state index contributed by atoms with van der Waals surface area (Å²) in [7, 11) is 0. The zero-order chi connectivity index (χ0) is 13.4. The van der Waals surface area contributed by atoms with Crippen LogP contribution >= 0.6 is 0 Å². The van der Waals surface area contributed by atoms with Crippen LogP contribution in [0, 0.1) is 0 Å². The Hall–Kier alpha value is -1.63. The molecule has 0 saturated carbocycles. The lowest BCUT2D eigenvalue weighted by Crippen LogP contribution is -1.97. The molecule has 0 unspecified atom stereocenters. The predicted octanol–water partition coefficient (Wildman–Crippen LogP) is 5.01. The molecule has 0 N–H and O–H groups in total. The average molecular weight is 229 g/mol. The van der Waals surface area contributed by atoms with Crippen LogP contribution < -0.4 is 0 Å². The summed E-state index contributed by atoms with van der Waals surface area (Å²) < 4.78 is 0. The number of allylic oxidation sites excluding steroid dienone is 7. The minimum absolute atomic E-state index is 0.924. The van der Waals surface area contributed by atoms with Crippen molar-refractivity contribution in [3.63, 3.8) is 0 Å². The van der Waals surface area contributed by atoms with Gasteiger partial charge in [-0.3, -0.25) is 4.99 Å². The summed E-state index contributed by atoms with van der Waals surface area (Å²) in [6, 6.07) is 0. The van der Waals surface area contributed by atoms with Crippen molar-refractivity contribution in [2.45, 2.75) is 34.6 Å². The number of hydrogen-bond acceptors (Lipinski definition) is 1. The minimum Gasteiger partial charge on any atom is -0.253 e. The van der Waals surface area contributed by atoms with Crippen molar-refractivity contribution >= 4 is 5.71 Å². The zero-order valence-corrected chi connectivity index (χ0v) is 11.7. The SMILES string of the molecule is C=CC(=C\C(C)=C/C)/C(C)=N/C(=C\C)C(=C)C. The van der Waals surface area contributed by atoms with Crippen LogP contribution in [0.15, 0.2) is 64.9 Å². The Morgan fingerprint density at radius 2 is 1.65 bits per heavy atom. The lowest BCUT2D eigenvalue weighted by Gasteiger charge is -2.05. The molecule has 0 aromatic carbocycles. The number of aliphatic imine (C=N–C) groups is 1.